The van der Waals surface area contributed by atoms with E-state index in [1.165, 1.54) is 0 Å². The topological polar surface area (TPSA) is 9.23 Å². The Kier molecular flexibility index (Phi) is 8.09. The van der Waals surface area contributed by atoms with E-state index in [2.05, 4.69) is 26.4 Å². The summed E-state index contributed by atoms with van der Waals surface area (Å²) in [5, 5.41) is 0. The minimum absolute atomic E-state index is 0.384. The number of hydrogen-bond acceptors (Lipinski definition) is 1. The van der Waals surface area contributed by atoms with Crippen molar-refractivity contribution in [3.8, 4) is 5.75 Å². The first-order valence-corrected chi connectivity index (χ1v) is 8.19. The molecule has 1 aromatic rings. The zero-order valence-electron chi connectivity index (χ0n) is 12.2. The molecule has 0 amide bonds. The summed E-state index contributed by atoms with van der Waals surface area (Å²) in [4.78, 5) is 0. The largest absolute Gasteiger partial charge is 0.673 e. The van der Waals surface area contributed by atoms with E-state index in [1.54, 1.807) is 0 Å². The molecule has 0 aromatic heterocycles. The lowest BCUT2D eigenvalue weighted by Gasteiger charge is -2.20. The van der Waals surface area contributed by atoms with Gasteiger partial charge in [0.2, 0.25) is 0 Å². The molecule has 0 atom stereocenters. The van der Waals surface area contributed by atoms with Crippen molar-refractivity contribution in [1.29, 1.82) is 0 Å². The summed E-state index contributed by atoms with van der Waals surface area (Å²) < 4.78 is 45.1. The summed E-state index contributed by atoms with van der Waals surface area (Å²) in [5.41, 5.74) is 0. The predicted octanol–water partition coefficient (Wildman–Crippen LogP) is 4.41. The molecule has 1 aromatic carbocycles. The molecule has 0 aliphatic heterocycles. The maximum absolute atomic E-state index is 9.75. The highest BCUT2D eigenvalue weighted by Crippen LogP contribution is 2.20. The fraction of sp³-hybridized carbons (Fsp3) is 0.538. The normalized spacial score (nSPS) is 11.8. The Morgan fingerprint density at radius 1 is 1.05 bits per heavy atom. The minimum atomic E-state index is -6.00. The second-order valence-corrected chi connectivity index (χ2v) is 7.72. The predicted molar refractivity (Wildman–Crippen MR) is 80.0 cm³/mol. The van der Waals surface area contributed by atoms with Crippen molar-refractivity contribution in [1.82, 2.24) is 0 Å². The first-order valence-electron chi connectivity index (χ1n) is 6.15. The number of ether oxygens (including phenoxy) is 1. The standard InChI is InChI=1S/C13H21OS.BF4/c1-13(2,15(3)4)10-11-14-12-8-6-5-7-9-12;2-1(3,4)5/h5-9H,10-11H2,1-4H3;/q+1;-1. The summed E-state index contributed by atoms with van der Waals surface area (Å²) in [7, 11) is -5.56. The van der Waals surface area contributed by atoms with Gasteiger partial charge in [0, 0.05) is 6.42 Å². The van der Waals surface area contributed by atoms with Gasteiger partial charge in [-0.25, -0.2) is 0 Å². The van der Waals surface area contributed by atoms with Crippen LogP contribution in [0.2, 0.25) is 0 Å². The van der Waals surface area contributed by atoms with Gasteiger partial charge in [0.15, 0.2) is 0 Å². The highest BCUT2D eigenvalue weighted by molar-refractivity contribution is 7.96. The fourth-order valence-electron chi connectivity index (χ4n) is 1.14. The molecule has 1 rings (SSSR count). The van der Waals surface area contributed by atoms with Crippen molar-refractivity contribution in [2.24, 2.45) is 0 Å². The number of rotatable bonds is 5. The molecule has 0 N–H and O–H groups in total. The first kappa shape index (κ1) is 19.2. The lowest BCUT2D eigenvalue weighted by molar-refractivity contribution is 0.297. The smallest absolute Gasteiger partial charge is 0.493 e. The molecule has 0 saturated carbocycles. The van der Waals surface area contributed by atoms with Crippen molar-refractivity contribution in [3.05, 3.63) is 30.3 Å². The first-order chi connectivity index (χ1) is 9.02. The Morgan fingerprint density at radius 2 is 1.50 bits per heavy atom. The number of halogens is 4. The highest BCUT2D eigenvalue weighted by atomic mass is 32.2. The summed E-state index contributed by atoms with van der Waals surface area (Å²) >= 11 is 0. The maximum Gasteiger partial charge on any atom is 0.673 e. The van der Waals surface area contributed by atoms with E-state index < -0.39 is 7.25 Å². The highest BCUT2D eigenvalue weighted by Gasteiger charge is 2.30. The second kappa shape index (κ2) is 8.44. The average molecular weight is 312 g/mol. The average Bonchev–Trinajstić information content (AvgIpc) is 2.27. The van der Waals surface area contributed by atoms with Gasteiger partial charge in [0.25, 0.3) is 0 Å². The van der Waals surface area contributed by atoms with Gasteiger partial charge in [-0.3, -0.25) is 0 Å². The zero-order chi connectivity index (χ0) is 15.8. The van der Waals surface area contributed by atoms with Crippen LogP contribution in [0.15, 0.2) is 30.3 Å². The third-order valence-electron chi connectivity index (χ3n) is 2.82. The molecule has 116 valence electrons. The molecule has 0 radical (unpaired) electrons. The maximum atomic E-state index is 9.75. The van der Waals surface area contributed by atoms with Crippen LogP contribution < -0.4 is 4.74 Å². The van der Waals surface area contributed by atoms with E-state index >= 15 is 0 Å². The molecular formula is C13H21BF4OS. The summed E-state index contributed by atoms with van der Waals surface area (Å²) in [5.74, 6) is 0.973. The van der Waals surface area contributed by atoms with Crippen LogP contribution in [0.5, 0.6) is 5.75 Å². The van der Waals surface area contributed by atoms with Gasteiger partial charge in [0.05, 0.1) is 19.1 Å². The van der Waals surface area contributed by atoms with Gasteiger partial charge in [-0.2, -0.15) is 0 Å². The van der Waals surface area contributed by atoms with Crippen LogP contribution in [0.3, 0.4) is 0 Å². The van der Waals surface area contributed by atoms with Crippen molar-refractivity contribution < 1.29 is 22.0 Å². The molecule has 1 nitrogen and oxygen atoms in total. The van der Waals surface area contributed by atoms with Crippen LogP contribution in [0, 0.1) is 0 Å². The fourth-order valence-corrected chi connectivity index (χ4v) is 1.63. The molecule has 0 heterocycles. The van der Waals surface area contributed by atoms with E-state index in [0.717, 1.165) is 18.8 Å². The van der Waals surface area contributed by atoms with E-state index in [4.69, 9.17) is 4.74 Å². The minimum Gasteiger partial charge on any atom is -0.493 e. The van der Waals surface area contributed by atoms with E-state index in [-0.39, 0.29) is 0 Å². The Bertz CT molecular complexity index is 362. The molecule has 20 heavy (non-hydrogen) atoms. The lowest BCUT2D eigenvalue weighted by atomic mass is 10.1. The van der Waals surface area contributed by atoms with Gasteiger partial charge in [-0.05, 0) is 36.9 Å². The number of benzene rings is 1. The Labute approximate surface area is 121 Å². The van der Waals surface area contributed by atoms with Crippen LogP contribution in [0.1, 0.15) is 20.3 Å². The van der Waals surface area contributed by atoms with Crippen LogP contribution in [-0.4, -0.2) is 31.1 Å². The molecule has 0 fully saturated rings. The molecule has 0 unspecified atom stereocenters. The third-order valence-corrected chi connectivity index (χ3v) is 5.24. The second-order valence-electron chi connectivity index (χ2n) is 4.98. The molecule has 0 aliphatic rings. The van der Waals surface area contributed by atoms with Crippen LogP contribution in [0.4, 0.5) is 17.3 Å². The Balaban J connectivity index is 0.000000621. The quantitative estimate of drug-likeness (QED) is 0.444. The van der Waals surface area contributed by atoms with Crippen LogP contribution in [0.25, 0.3) is 0 Å². The molecule has 0 bridgehead atoms. The Hall–Kier alpha value is -0.845. The van der Waals surface area contributed by atoms with Crippen molar-refractivity contribution in [2.75, 3.05) is 19.1 Å². The van der Waals surface area contributed by atoms with Gasteiger partial charge in [0.1, 0.15) is 10.5 Å². The van der Waals surface area contributed by atoms with Gasteiger partial charge >= 0.3 is 7.25 Å². The van der Waals surface area contributed by atoms with Crippen LogP contribution >= 0.6 is 0 Å². The molecule has 7 heteroatoms. The van der Waals surface area contributed by atoms with E-state index in [0.29, 0.717) is 15.6 Å². The number of hydrogen-bond donors (Lipinski definition) is 0. The van der Waals surface area contributed by atoms with Gasteiger partial charge < -0.3 is 22.0 Å². The monoisotopic (exact) mass is 312 g/mol. The van der Waals surface area contributed by atoms with Crippen molar-refractivity contribution in [3.63, 3.8) is 0 Å². The van der Waals surface area contributed by atoms with E-state index in [1.807, 2.05) is 30.3 Å². The Morgan fingerprint density at radius 3 is 1.90 bits per heavy atom. The summed E-state index contributed by atoms with van der Waals surface area (Å²) in [6, 6.07) is 10.0. The molecule has 0 aliphatic carbocycles. The molecular weight excluding hydrogens is 291 g/mol. The summed E-state index contributed by atoms with van der Waals surface area (Å²) in [6.07, 6.45) is 5.70. The third kappa shape index (κ3) is 11.0. The van der Waals surface area contributed by atoms with Crippen molar-refractivity contribution >= 4 is 18.1 Å². The SMILES string of the molecule is C[S+](C)C(C)(C)CCOc1ccccc1.F[B-](F)(F)F. The molecule has 0 spiro atoms. The lowest BCUT2D eigenvalue weighted by Crippen LogP contribution is -2.32. The van der Waals surface area contributed by atoms with Gasteiger partial charge in [-0.1, -0.05) is 18.2 Å². The molecule has 0 saturated heterocycles. The summed E-state index contributed by atoms with van der Waals surface area (Å²) in [6.45, 7) is 5.43. The zero-order valence-corrected chi connectivity index (χ0v) is 13.0. The van der Waals surface area contributed by atoms with Crippen molar-refractivity contribution in [2.45, 2.75) is 25.0 Å². The van der Waals surface area contributed by atoms with Gasteiger partial charge in [-0.15, -0.1) is 0 Å². The number of para-hydroxylation sites is 1. The van der Waals surface area contributed by atoms with E-state index in [9.17, 15) is 17.3 Å². The van der Waals surface area contributed by atoms with Crippen LogP contribution in [-0.2, 0) is 10.9 Å².